The van der Waals surface area contributed by atoms with Gasteiger partial charge in [-0.25, -0.2) is 0 Å². The van der Waals surface area contributed by atoms with Gasteiger partial charge in [0, 0.05) is 6.54 Å². The quantitative estimate of drug-likeness (QED) is 0.698. The van der Waals surface area contributed by atoms with E-state index in [1.807, 2.05) is 24.3 Å². The number of benzene rings is 1. The fraction of sp³-hybridized carbons (Fsp3) is 0.538. The summed E-state index contributed by atoms with van der Waals surface area (Å²) in [5.41, 5.74) is 7.06. The van der Waals surface area contributed by atoms with Crippen LogP contribution in [-0.2, 0) is 6.42 Å². The maximum Gasteiger partial charge on any atom is 0.0912 e. The third kappa shape index (κ3) is 2.82. The Morgan fingerprint density at radius 1 is 1.25 bits per heavy atom. The summed E-state index contributed by atoms with van der Waals surface area (Å²) in [5, 5.41) is 19.2. The summed E-state index contributed by atoms with van der Waals surface area (Å²) in [5.74, 6) is 0. The lowest BCUT2D eigenvalue weighted by Gasteiger charge is -2.10. The third-order valence-electron chi connectivity index (χ3n) is 3.29. The molecule has 0 radical (unpaired) electrons. The molecule has 1 aliphatic carbocycles. The van der Waals surface area contributed by atoms with Crippen LogP contribution in [0.15, 0.2) is 24.3 Å². The molecule has 1 unspecified atom stereocenters. The number of aliphatic hydroxyl groups is 2. The van der Waals surface area contributed by atoms with Crippen LogP contribution < -0.4 is 5.73 Å². The van der Waals surface area contributed by atoms with Crippen molar-refractivity contribution in [2.45, 2.75) is 37.4 Å². The predicted molar refractivity (Wildman–Crippen MR) is 63.0 cm³/mol. The van der Waals surface area contributed by atoms with Gasteiger partial charge in [-0.3, -0.25) is 0 Å². The molecule has 1 atom stereocenters. The SMILES string of the molecule is NCC(O)c1ccc(CCC2(O)CC2)cc1. The molecule has 4 N–H and O–H groups in total. The highest BCUT2D eigenvalue weighted by Gasteiger charge is 2.39. The van der Waals surface area contributed by atoms with Crippen molar-refractivity contribution in [3.05, 3.63) is 35.4 Å². The highest BCUT2D eigenvalue weighted by atomic mass is 16.3. The van der Waals surface area contributed by atoms with Crippen LogP contribution in [0.1, 0.15) is 36.5 Å². The van der Waals surface area contributed by atoms with E-state index in [0.717, 1.165) is 31.2 Å². The molecular weight excluding hydrogens is 202 g/mol. The van der Waals surface area contributed by atoms with Gasteiger partial charge in [0.05, 0.1) is 11.7 Å². The van der Waals surface area contributed by atoms with Gasteiger partial charge in [0.2, 0.25) is 0 Å². The highest BCUT2D eigenvalue weighted by Crippen LogP contribution is 2.39. The van der Waals surface area contributed by atoms with Gasteiger partial charge in [0.15, 0.2) is 0 Å². The molecule has 0 heterocycles. The molecule has 1 aliphatic rings. The van der Waals surface area contributed by atoms with E-state index in [9.17, 15) is 10.2 Å². The second-order valence-electron chi connectivity index (χ2n) is 4.72. The van der Waals surface area contributed by atoms with Crippen molar-refractivity contribution in [2.75, 3.05) is 6.54 Å². The zero-order valence-corrected chi connectivity index (χ0v) is 9.39. The number of hydrogen-bond donors (Lipinski definition) is 3. The van der Waals surface area contributed by atoms with Gasteiger partial charge in [-0.2, -0.15) is 0 Å². The summed E-state index contributed by atoms with van der Waals surface area (Å²) < 4.78 is 0. The lowest BCUT2D eigenvalue weighted by molar-refractivity contribution is 0.140. The zero-order valence-electron chi connectivity index (χ0n) is 9.39. The second kappa shape index (κ2) is 4.53. The Balaban J connectivity index is 1.91. The topological polar surface area (TPSA) is 66.5 Å². The molecule has 1 aromatic carbocycles. The minimum Gasteiger partial charge on any atom is -0.390 e. The van der Waals surface area contributed by atoms with E-state index in [4.69, 9.17) is 5.73 Å². The van der Waals surface area contributed by atoms with Crippen molar-refractivity contribution in [3.63, 3.8) is 0 Å². The van der Waals surface area contributed by atoms with Crippen LogP contribution in [0.5, 0.6) is 0 Å². The number of nitrogens with two attached hydrogens (primary N) is 1. The minimum absolute atomic E-state index is 0.249. The molecule has 0 bridgehead atoms. The number of aryl methyl sites for hydroxylation is 1. The Morgan fingerprint density at radius 3 is 2.38 bits per heavy atom. The monoisotopic (exact) mass is 221 g/mol. The van der Waals surface area contributed by atoms with E-state index in [-0.39, 0.29) is 12.1 Å². The van der Waals surface area contributed by atoms with E-state index in [2.05, 4.69) is 0 Å². The first-order valence-electron chi connectivity index (χ1n) is 5.82. The molecule has 0 spiro atoms. The van der Waals surface area contributed by atoms with Gasteiger partial charge in [-0.15, -0.1) is 0 Å². The highest BCUT2D eigenvalue weighted by molar-refractivity contribution is 5.24. The van der Waals surface area contributed by atoms with Crippen molar-refractivity contribution in [1.29, 1.82) is 0 Å². The standard InChI is InChI=1S/C13H19NO2/c14-9-12(15)11-3-1-10(2-4-11)5-6-13(16)7-8-13/h1-4,12,15-16H,5-9,14H2. The molecule has 0 saturated heterocycles. The Hall–Kier alpha value is -0.900. The zero-order chi connectivity index (χ0) is 11.6. The van der Waals surface area contributed by atoms with Crippen LogP contribution in [0, 0.1) is 0 Å². The first-order valence-corrected chi connectivity index (χ1v) is 5.82. The van der Waals surface area contributed by atoms with Crippen molar-refractivity contribution < 1.29 is 10.2 Å². The lowest BCUT2D eigenvalue weighted by Crippen LogP contribution is -2.11. The van der Waals surface area contributed by atoms with E-state index < -0.39 is 6.10 Å². The first-order chi connectivity index (χ1) is 7.63. The summed E-state index contributed by atoms with van der Waals surface area (Å²) >= 11 is 0. The summed E-state index contributed by atoms with van der Waals surface area (Å²) in [7, 11) is 0. The van der Waals surface area contributed by atoms with Gasteiger partial charge >= 0.3 is 0 Å². The third-order valence-corrected chi connectivity index (χ3v) is 3.29. The average Bonchev–Trinajstić information content (AvgIpc) is 3.05. The van der Waals surface area contributed by atoms with Crippen molar-refractivity contribution in [1.82, 2.24) is 0 Å². The fourth-order valence-corrected chi connectivity index (χ4v) is 1.81. The fourth-order valence-electron chi connectivity index (χ4n) is 1.81. The van der Waals surface area contributed by atoms with Crippen LogP contribution >= 0.6 is 0 Å². The molecule has 3 heteroatoms. The molecule has 1 aromatic rings. The molecule has 0 amide bonds. The van der Waals surface area contributed by atoms with E-state index >= 15 is 0 Å². The minimum atomic E-state index is -0.568. The maximum atomic E-state index is 9.71. The van der Waals surface area contributed by atoms with E-state index in [1.54, 1.807) is 0 Å². The average molecular weight is 221 g/mol. The smallest absolute Gasteiger partial charge is 0.0912 e. The van der Waals surface area contributed by atoms with Gasteiger partial charge in [0.1, 0.15) is 0 Å². The molecule has 0 aromatic heterocycles. The van der Waals surface area contributed by atoms with Gasteiger partial charge in [-0.1, -0.05) is 24.3 Å². The first kappa shape index (κ1) is 11.6. The Morgan fingerprint density at radius 2 is 1.88 bits per heavy atom. The van der Waals surface area contributed by atoms with Crippen molar-refractivity contribution >= 4 is 0 Å². The van der Waals surface area contributed by atoms with Crippen LogP contribution in [0.25, 0.3) is 0 Å². The lowest BCUT2D eigenvalue weighted by atomic mass is 10.0. The van der Waals surface area contributed by atoms with Gasteiger partial charge in [0.25, 0.3) is 0 Å². The van der Waals surface area contributed by atoms with Crippen molar-refractivity contribution in [2.24, 2.45) is 5.73 Å². The molecule has 0 aliphatic heterocycles. The number of rotatable bonds is 5. The van der Waals surface area contributed by atoms with Crippen LogP contribution in [0.2, 0.25) is 0 Å². The molecule has 88 valence electrons. The molecule has 1 saturated carbocycles. The summed E-state index contributed by atoms with van der Waals surface area (Å²) in [6.45, 7) is 0.249. The van der Waals surface area contributed by atoms with Crippen LogP contribution in [0.3, 0.4) is 0 Å². The normalized spacial score (nSPS) is 19.4. The van der Waals surface area contributed by atoms with Gasteiger partial charge < -0.3 is 15.9 Å². The van der Waals surface area contributed by atoms with Crippen LogP contribution in [0.4, 0.5) is 0 Å². The Bertz CT molecular complexity index is 343. The maximum absolute atomic E-state index is 9.71. The molecule has 3 nitrogen and oxygen atoms in total. The summed E-state index contributed by atoms with van der Waals surface area (Å²) in [4.78, 5) is 0. The second-order valence-corrected chi connectivity index (χ2v) is 4.72. The summed E-state index contributed by atoms with van der Waals surface area (Å²) in [6, 6.07) is 7.81. The molecule has 16 heavy (non-hydrogen) atoms. The van der Waals surface area contributed by atoms with E-state index in [0.29, 0.717) is 0 Å². The van der Waals surface area contributed by atoms with Crippen molar-refractivity contribution in [3.8, 4) is 0 Å². The van der Waals surface area contributed by atoms with Crippen LogP contribution in [-0.4, -0.2) is 22.4 Å². The number of aliphatic hydroxyl groups excluding tert-OH is 1. The Kier molecular flexibility index (Phi) is 3.28. The molecule has 2 rings (SSSR count). The molecular formula is C13H19NO2. The largest absolute Gasteiger partial charge is 0.390 e. The van der Waals surface area contributed by atoms with E-state index in [1.165, 1.54) is 5.56 Å². The Labute approximate surface area is 95.9 Å². The predicted octanol–water partition coefficient (Wildman–Crippen LogP) is 1.14. The number of hydrogen-bond acceptors (Lipinski definition) is 3. The molecule has 1 fully saturated rings. The van der Waals surface area contributed by atoms with Gasteiger partial charge in [-0.05, 0) is 36.8 Å². The summed E-state index contributed by atoms with van der Waals surface area (Å²) in [6.07, 6.45) is 3.05.